The molecule has 0 unspecified atom stereocenters. The number of rotatable bonds is 6. The third-order valence-corrected chi connectivity index (χ3v) is 3.57. The first-order valence-corrected chi connectivity index (χ1v) is 7.43. The van der Waals surface area contributed by atoms with Gasteiger partial charge < -0.3 is 10.1 Å². The maximum Gasteiger partial charge on any atom is 0.387 e. The van der Waals surface area contributed by atoms with Crippen molar-refractivity contribution in [2.45, 2.75) is 39.8 Å². The van der Waals surface area contributed by atoms with Crippen LogP contribution in [0.4, 0.5) is 18.9 Å². The Morgan fingerprint density at radius 3 is 2.71 bits per heavy atom. The van der Waals surface area contributed by atoms with Crippen LogP contribution in [0.15, 0.2) is 24.3 Å². The van der Waals surface area contributed by atoms with Gasteiger partial charge in [-0.1, -0.05) is 6.92 Å². The Balaban J connectivity index is 2.24. The fourth-order valence-electron chi connectivity index (χ4n) is 2.20. The Labute approximate surface area is 137 Å². The highest BCUT2D eigenvalue weighted by Crippen LogP contribution is 2.27. The number of nitrogens with one attached hydrogen (secondary N) is 1. The van der Waals surface area contributed by atoms with Gasteiger partial charge in [-0.3, -0.25) is 9.48 Å². The first-order chi connectivity index (χ1) is 11.3. The molecule has 1 amide bonds. The lowest BCUT2D eigenvalue weighted by Gasteiger charge is -2.12. The second-order valence-electron chi connectivity index (χ2n) is 5.35. The summed E-state index contributed by atoms with van der Waals surface area (Å²) in [4.78, 5) is 12.3. The molecule has 130 valence electrons. The second kappa shape index (κ2) is 7.37. The number of benzene rings is 1. The van der Waals surface area contributed by atoms with Crippen molar-refractivity contribution >= 4 is 11.6 Å². The van der Waals surface area contributed by atoms with E-state index in [4.69, 9.17) is 0 Å². The van der Waals surface area contributed by atoms with E-state index < -0.39 is 24.1 Å². The molecule has 0 aliphatic carbocycles. The molecule has 1 heterocycles. The van der Waals surface area contributed by atoms with E-state index in [-0.39, 0.29) is 17.4 Å². The number of hydrogen-bond acceptors (Lipinski definition) is 3. The van der Waals surface area contributed by atoms with Gasteiger partial charge >= 0.3 is 6.61 Å². The first kappa shape index (κ1) is 17.8. The maximum absolute atomic E-state index is 13.2. The molecule has 1 aromatic carbocycles. The van der Waals surface area contributed by atoms with E-state index >= 15 is 0 Å². The first-order valence-electron chi connectivity index (χ1n) is 7.43. The van der Waals surface area contributed by atoms with Gasteiger partial charge in [-0.25, -0.2) is 4.39 Å². The molecule has 1 aromatic heterocycles. The summed E-state index contributed by atoms with van der Waals surface area (Å²) in [5.41, 5.74) is 0.884. The summed E-state index contributed by atoms with van der Waals surface area (Å²) in [5.74, 6) is -1.79. The van der Waals surface area contributed by atoms with Crippen LogP contribution >= 0.6 is 0 Å². The molecule has 24 heavy (non-hydrogen) atoms. The summed E-state index contributed by atoms with van der Waals surface area (Å²) in [7, 11) is 0. The molecule has 0 radical (unpaired) electrons. The molecule has 2 rings (SSSR count). The molecule has 0 bridgehead atoms. The van der Waals surface area contributed by atoms with Crippen molar-refractivity contribution in [3.05, 3.63) is 41.5 Å². The molecule has 0 saturated heterocycles. The number of carbonyl (C=O) groups is 1. The monoisotopic (exact) mass is 341 g/mol. The van der Waals surface area contributed by atoms with E-state index in [1.807, 2.05) is 20.8 Å². The molecule has 8 heteroatoms. The summed E-state index contributed by atoms with van der Waals surface area (Å²) in [6.45, 7) is 2.65. The Morgan fingerprint density at radius 1 is 1.38 bits per heavy atom. The predicted molar refractivity (Wildman–Crippen MR) is 83.0 cm³/mol. The van der Waals surface area contributed by atoms with Crippen molar-refractivity contribution in [1.82, 2.24) is 9.78 Å². The van der Waals surface area contributed by atoms with E-state index in [2.05, 4.69) is 15.2 Å². The molecule has 0 spiro atoms. The number of aryl methyl sites for hydroxylation is 1. The molecule has 0 aliphatic heterocycles. The SMILES string of the molecule is CC[C@@H](C)n1nc(C(=O)Nc2ccc(F)cc2OC(F)F)cc1C. The van der Waals surface area contributed by atoms with Crippen molar-refractivity contribution in [3.63, 3.8) is 0 Å². The summed E-state index contributed by atoms with van der Waals surface area (Å²) in [6.07, 6.45) is 0.841. The van der Waals surface area contributed by atoms with Gasteiger partial charge in [0.05, 0.1) is 5.69 Å². The van der Waals surface area contributed by atoms with Crippen molar-refractivity contribution < 1.29 is 22.7 Å². The van der Waals surface area contributed by atoms with E-state index in [0.717, 1.165) is 30.3 Å². The van der Waals surface area contributed by atoms with Crippen molar-refractivity contribution in [3.8, 4) is 5.75 Å². The van der Waals surface area contributed by atoms with Crippen LogP contribution in [0, 0.1) is 12.7 Å². The van der Waals surface area contributed by atoms with Crippen LogP contribution in [0.2, 0.25) is 0 Å². The van der Waals surface area contributed by atoms with Crippen LogP contribution in [0.25, 0.3) is 0 Å². The minimum atomic E-state index is -3.13. The zero-order chi connectivity index (χ0) is 17.9. The molecule has 1 atom stereocenters. The van der Waals surface area contributed by atoms with Crippen molar-refractivity contribution in [1.29, 1.82) is 0 Å². The lowest BCUT2D eigenvalue weighted by molar-refractivity contribution is -0.0495. The van der Waals surface area contributed by atoms with Crippen LogP contribution < -0.4 is 10.1 Å². The number of anilines is 1. The van der Waals surface area contributed by atoms with Crippen LogP contribution in [-0.4, -0.2) is 22.3 Å². The number of halogens is 3. The standard InChI is InChI=1S/C16H18F3N3O2/c1-4-9(2)22-10(3)7-13(21-22)15(23)20-12-6-5-11(17)8-14(12)24-16(18)19/h5-9,16H,4H2,1-3H3,(H,20,23)/t9-/m1/s1. The van der Waals surface area contributed by atoms with Gasteiger partial charge in [0, 0.05) is 17.8 Å². The third kappa shape index (κ3) is 4.06. The largest absolute Gasteiger partial charge is 0.432 e. The van der Waals surface area contributed by atoms with Gasteiger partial charge in [0.25, 0.3) is 5.91 Å². The average molecular weight is 341 g/mol. The topological polar surface area (TPSA) is 56.2 Å². The predicted octanol–water partition coefficient (Wildman–Crippen LogP) is 4.16. The highest BCUT2D eigenvalue weighted by molar-refractivity contribution is 6.03. The van der Waals surface area contributed by atoms with Gasteiger partial charge in [0.2, 0.25) is 0 Å². The van der Waals surface area contributed by atoms with Gasteiger partial charge in [0.15, 0.2) is 11.4 Å². The maximum atomic E-state index is 13.2. The minimum absolute atomic E-state index is 0.0579. The number of ether oxygens (including phenoxy) is 1. The van der Waals surface area contributed by atoms with Crippen LogP contribution in [0.1, 0.15) is 42.5 Å². The van der Waals surface area contributed by atoms with Crippen LogP contribution in [0.3, 0.4) is 0 Å². The smallest absolute Gasteiger partial charge is 0.387 e. The lowest BCUT2D eigenvalue weighted by atomic mass is 10.2. The van der Waals surface area contributed by atoms with E-state index in [0.29, 0.717) is 0 Å². The van der Waals surface area contributed by atoms with E-state index in [1.165, 1.54) is 0 Å². The van der Waals surface area contributed by atoms with Gasteiger partial charge in [0.1, 0.15) is 5.82 Å². The van der Waals surface area contributed by atoms with Crippen LogP contribution in [0.5, 0.6) is 5.75 Å². The van der Waals surface area contributed by atoms with Crippen molar-refractivity contribution in [2.24, 2.45) is 0 Å². The highest BCUT2D eigenvalue weighted by atomic mass is 19.3. The molecule has 5 nitrogen and oxygen atoms in total. The Bertz CT molecular complexity index is 731. The second-order valence-corrected chi connectivity index (χ2v) is 5.35. The third-order valence-electron chi connectivity index (χ3n) is 3.57. The zero-order valence-electron chi connectivity index (χ0n) is 13.5. The molecule has 0 aliphatic rings. The average Bonchev–Trinajstić information content (AvgIpc) is 2.90. The number of hydrogen-bond donors (Lipinski definition) is 1. The highest BCUT2D eigenvalue weighted by Gasteiger charge is 2.18. The molecule has 1 N–H and O–H groups in total. The summed E-state index contributed by atoms with van der Waals surface area (Å²) in [5, 5.41) is 6.64. The fraction of sp³-hybridized carbons (Fsp3) is 0.375. The quantitative estimate of drug-likeness (QED) is 0.858. The molecule has 0 fully saturated rings. The number of aromatic nitrogens is 2. The zero-order valence-corrected chi connectivity index (χ0v) is 13.5. The van der Waals surface area contributed by atoms with Crippen molar-refractivity contribution in [2.75, 3.05) is 5.32 Å². The number of nitrogens with zero attached hydrogens (tertiary/aromatic N) is 2. The molecule has 2 aromatic rings. The van der Waals surface area contributed by atoms with Gasteiger partial charge in [-0.15, -0.1) is 0 Å². The van der Waals surface area contributed by atoms with Crippen LogP contribution in [-0.2, 0) is 0 Å². The summed E-state index contributed by atoms with van der Waals surface area (Å²) < 4.78 is 43.9. The summed E-state index contributed by atoms with van der Waals surface area (Å²) >= 11 is 0. The van der Waals surface area contributed by atoms with E-state index in [9.17, 15) is 18.0 Å². The lowest BCUT2D eigenvalue weighted by Crippen LogP contribution is -2.16. The normalized spacial score (nSPS) is 12.3. The number of carbonyl (C=O) groups excluding carboxylic acids is 1. The molecular formula is C16H18F3N3O2. The molecule has 0 saturated carbocycles. The van der Waals surface area contributed by atoms with E-state index in [1.54, 1.807) is 10.7 Å². The Hall–Kier alpha value is -2.51. The summed E-state index contributed by atoms with van der Waals surface area (Å²) in [6, 6.07) is 4.69. The Morgan fingerprint density at radius 2 is 2.08 bits per heavy atom. The Kier molecular flexibility index (Phi) is 5.48. The molecular weight excluding hydrogens is 323 g/mol. The number of amides is 1. The van der Waals surface area contributed by atoms with Gasteiger partial charge in [-0.05, 0) is 38.5 Å². The minimum Gasteiger partial charge on any atom is -0.432 e. The fourth-order valence-corrected chi connectivity index (χ4v) is 2.20. The van der Waals surface area contributed by atoms with Gasteiger partial charge in [-0.2, -0.15) is 13.9 Å². The number of alkyl halides is 2.